The summed E-state index contributed by atoms with van der Waals surface area (Å²) in [4.78, 5) is 0.284. The van der Waals surface area contributed by atoms with E-state index in [0.717, 1.165) is 24.0 Å². The van der Waals surface area contributed by atoms with Crippen LogP contribution in [0.2, 0.25) is 0 Å². The van der Waals surface area contributed by atoms with E-state index in [0.29, 0.717) is 18.3 Å². The van der Waals surface area contributed by atoms with Crippen molar-refractivity contribution in [2.45, 2.75) is 23.8 Å². The van der Waals surface area contributed by atoms with Crippen LogP contribution in [0.15, 0.2) is 71.6 Å². The Bertz CT molecular complexity index is 1070. The molecule has 2 heterocycles. The lowest BCUT2D eigenvalue weighted by atomic mass is 10.1. The molecule has 0 amide bonds. The summed E-state index contributed by atoms with van der Waals surface area (Å²) in [5, 5.41) is 7.84. The van der Waals surface area contributed by atoms with E-state index in [4.69, 9.17) is 9.47 Å². The number of benzene rings is 2. The normalized spacial score (nSPS) is 17.4. The van der Waals surface area contributed by atoms with Crippen molar-refractivity contribution < 1.29 is 17.9 Å². The maximum absolute atomic E-state index is 13.1. The molecule has 1 saturated heterocycles. The Hall–Kier alpha value is -2.97. The maximum atomic E-state index is 13.1. The minimum atomic E-state index is -3.60. The lowest BCUT2D eigenvalue weighted by molar-refractivity contribution is 0.123. The van der Waals surface area contributed by atoms with Gasteiger partial charge in [-0.2, -0.15) is 4.31 Å². The van der Waals surface area contributed by atoms with E-state index < -0.39 is 10.0 Å². The van der Waals surface area contributed by atoms with Gasteiger partial charge < -0.3 is 9.47 Å². The largest absolute Gasteiger partial charge is 0.480 e. The first kappa shape index (κ1) is 20.3. The van der Waals surface area contributed by atoms with Gasteiger partial charge in [0.1, 0.15) is 6.10 Å². The third kappa shape index (κ3) is 4.44. The van der Waals surface area contributed by atoms with E-state index in [1.807, 2.05) is 42.5 Å². The van der Waals surface area contributed by atoms with Crippen LogP contribution < -0.4 is 9.47 Å². The van der Waals surface area contributed by atoms with Crippen LogP contribution in [0.5, 0.6) is 11.8 Å². The van der Waals surface area contributed by atoms with Gasteiger partial charge in [-0.25, -0.2) is 8.42 Å². The molecule has 1 unspecified atom stereocenters. The zero-order chi connectivity index (χ0) is 21.0. The number of rotatable bonds is 6. The number of hydrogen-bond acceptors (Lipinski definition) is 6. The lowest BCUT2D eigenvalue weighted by Gasteiger charge is -2.31. The summed E-state index contributed by atoms with van der Waals surface area (Å²) >= 11 is 0. The van der Waals surface area contributed by atoms with E-state index >= 15 is 0 Å². The van der Waals surface area contributed by atoms with Gasteiger partial charge in [0, 0.05) is 18.7 Å². The third-order valence-electron chi connectivity index (χ3n) is 5.05. The second-order valence-electron chi connectivity index (χ2n) is 7.05. The molecule has 1 aliphatic rings. The molecule has 0 N–H and O–H groups in total. The van der Waals surface area contributed by atoms with Gasteiger partial charge in [0.2, 0.25) is 21.8 Å². The van der Waals surface area contributed by atoms with Crippen molar-refractivity contribution in [1.82, 2.24) is 14.5 Å². The van der Waals surface area contributed by atoms with Crippen LogP contribution >= 0.6 is 0 Å². The summed E-state index contributed by atoms with van der Waals surface area (Å²) in [5.41, 5.74) is 2.03. The Balaban J connectivity index is 1.46. The first-order valence-corrected chi connectivity index (χ1v) is 11.2. The number of piperidine rings is 1. The summed E-state index contributed by atoms with van der Waals surface area (Å²) < 4.78 is 38.6. The molecule has 7 nitrogen and oxygen atoms in total. The molecule has 1 aliphatic heterocycles. The Morgan fingerprint density at radius 1 is 0.900 bits per heavy atom. The number of nitrogens with zero attached hydrogens (tertiary/aromatic N) is 3. The highest BCUT2D eigenvalue weighted by molar-refractivity contribution is 7.89. The predicted octanol–water partition coefficient (Wildman–Crippen LogP) is 3.38. The Morgan fingerprint density at radius 3 is 2.23 bits per heavy atom. The van der Waals surface area contributed by atoms with E-state index in [1.54, 1.807) is 24.3 Å². The van der Waals surface area contributed by atoms with Crippen molar-refractivity contribution in [3.8, 4) is 22.9 Å². The summed E-state index contributed by atoms with van der Waals surface area (Å²) in [7, 11) is -2.08. The van der Waals surface area contributed by atoms with Gasteiger partial charge >= 0.3 is 0 Å². The molecular formula is C22H23N3O4S. The van der Waals surface area contributed by atoms with Crippen LogP contribution in [0.1, 0.15) is 12.8 Å². The molecule has 8 heteroatoms. The van der Waals surface area contributed by atoms with Crippen molar-refractivity contribution in [3.05, 3.63) is 66.7 Å². The average molecular weight is 426 g/mol. The number of methoxy groups -OCH3 is 1. The molecular weight excluding hydrogens is 402 g/mol. The molecule has 0 saturated carbocycles. The summed E-state index contributed by atoms with van der Waals surface area (Å²) in [6.07, 6.45) is 1.20. The van der Waals surface area contributed by atoms with Crippen molar-refractivity contribution in [1.29, 1.82) is 0 Å². The number of hydrogen-bond donors (Lipinski definition) is 0. The molecule has 0 radical (unpaired) electrons. The molecule has 4 rings (SSSR count). The SMILES string of the molecule is COc1ccc(OC2CCCN(S(=O)(=O)c3ccc(-c4ccccc4)cc3)C2)nn1. The van der Waals surface area contributed by atoms with Gasteiger partial charge in [-0.15, -0.1) is 10.2 Å². The first-order valence-electron chi connectivity index (χ1n) is 9.76. The summed E-state index contributed by atoms with van der Waals surface area (Å²) in [6, 6.07) is 20.2. The Labute approximate surface area is 176 Å². The topological polar surface area (TPSA) is 81.6 Å². The summed E-state index contributed by atoms with van der Waals surface area (Å²) in [6.45, 7) is 0.743. The Morgan fingerprint density at radius 2 is 1.57 bits per heavy atom. The lowest BCUT2D eigenvalue weighted by Crippen LogP contribution is -2.44. The molecule has 3 aromatic rings. The van der Waals surface area contributed by atoms with Crippen molar-refractivity contribution in [2.24, 2.45) is 0 Å². The van der Waals surface area contributed by atoms with Gasteiger partial charge in [0.15, 0.2) is 0 Å². The minimum Gasteiger partial charge on any atom is -0.480 e. The van der Waals surface area contributed by atoms with E-state index in [1.165, 1.54) is 11.4 Å². The fourth-order valence-electron chi connectivity index (χ4n) is 3.47. The van der Waals surface area contributed by atoms with Crippen LogP contribution in [0.25, 0.3) is 11.1 Å². The monoisotopic (exact) mass is 425 g/mol. The van der Waals surface area contributed by atoms with Gasteiger partial charge in [0.25, 0.3) is 0 Å². The molecule has 0 spiro atoms. The summed E-state index contributed by atoms with van der Waals surface area (Å²) in [5.74, 6) is 0.751. The first-order chi connectivity index (χ1) is 14.6. The van der Waals surface area contributed by atoms with Crippen LogP contribution in [0.3, 0.4) is 0 Å². The van der Waals surface area contributed by atoms with Crippen molar-refractivity contribution in [3.63, 3.8) is 0 Å². The van der Waals surface area contributed by atoms with E-state index in [-0.39, 0.29) is 17.5 Å². The van der Waals surface area contributed by atoms with Gasteiger partial charge in [0.05, 0.1) is 18.6 Å². The number of ether oxygens (including phenoxy) is 2. The third-order valence-corrected chi connectivity index (χ3v) is 6.93. The average Bonchev–Trinajstić information content (AvgIpc) is 2.80. The molecule has 156 valence electrons. The van der Waals surface area contributed by atoms with Gasteiger partial charge in [-0.3, -0.25) is 0 Å². The second-order valence-corrected chi connectivity index (χ2v) is 8.99. The van der Waals surface area contributed by atoms with Crippen LogP contribution in [-0.4, -0.2) is 49.2 Å². The highest BCUT2D eigenvalue weighted by atomic mass is 32.2. The fourth-order valence-corrected chi connectivity index (χ4v) is 4.98. The zero-order valence-electron chi connectivity index (χ0n) is 16.6. The number of sulfonamides is 1. The standard InChI is InChI=1S/C22H23N3O4S/c1-28-21-13-14-22(24-23-21)29-19-8-5-15-25(16-19)30(26,27)20-11-9-18(10-12-20)17-6-3-2-4-7-17/h2-4,6-7,9-14,19H,5,8,15-16H2,1H3. The molecule has 1 aromatic heterocycles. The molecule has 2 aromatic carbocycles. The molecule has 0 aliphatic carbocycles. The van der Waals surface area contributed by atoms with Crippen LogP contribution in [0, 0.1) is 0 Å². The van der Waals surface area contributed by atoms with E-state index in [2.05, 4.69) is 10.2 Å². The number of aromatic nitrogens is 2. The second kappa shape index (κ2) is 8.81. The van der Waals surface area contributed by atoms with Gasteiger partial charge in [-0.05, 0) is 36.1 Å². The van der Waals surface area contributed by atoms with Crippen LogP contribution in [-0.2, 0) is 10.0 Å². The van der Waals surface area contributed by atoms with Gasteiger partial charge in [-0.1, -0.05) is 42.5 Å². The smallest absolute Gasteiger partial charge is 0.243 e. The quantitative estimate of drug-likeness (QED) is 0.602. The van der Waals surface area contributed by atoms with Crippen molar-refractivity contribution >= 4 is 10.0 Å². The molecule has 30 heavy (non-hydrogen) atoms. The zero-order valence-corrected chi connectivity index (χ0v) is 17.5. The van der Waals surface area contributed by atoms with E-state index in [9.17, 15) is 8.42 Å². The fraction of sp³-hybridized carbons (Fsp3) is 0.273. The molecule has 1 atom stereocenters. The minimum absolute atomic E-state index is 0.274. The predicted molar refractivity (Wildman–Crippen MR) is 113 cm³/mol. The van der Waals surface area contributed by atoms with Crippen molar-refractivity contribution in [2.75, 3.05) is 20.2 Å². The highest BCUT2D eigenvalue weighted by Crippen LogP contribution is 2.26. The van der Waals surface area contributed by atoms with Crippen LogP contribution in [0.4, 0.5) is 0 Å². The molecule has 1 fully saturated rings. The maximum Gasteiger partial charge on any atom is 0.243 e. The Kier molecular flexibility index (Phi) is 5.96. The molecule has 0 bridgehead atoms. The highest BCUT2D eigenvalue weighted by Gasteiger charge is 2.31.